The maximum atomic E-state index is 5.47. The number of hydrogen-bond acceptors (Lipinski definition) is 2. The zero-order valence-electron chi connectivity index (χ0n) is 17.4. The van der Waals surface area contributed by atoms with E-state index in [-0.39, 0.29) is 11.4 Å². The second-order valence-electron chi connectivity index (χ2n) is 7.98. The molecule has 28 heavy (non-hydrogen) atoms. The standard InChI is InChI=1S/C23H30N5/c1-23(2)19-14-17(15-26-22(24)25)8-12-20(19)28(5)21(23)13-9-16-6-10-18(11-7-16)27(3)4/h6-14H,15H2,1-5H3,(H4,24,25,26)/q+1. The molecule has 1 heterocycles. The van der Waals surface area contributed by atoms with E-state index in [2.05, 4.69) is 104 Å². The van der Waals surface area contributed by atoms with Crippen LogP contribution in [0.3, 0.4) is 0 Å². The highest BCUT2D eigenvalue weighted by Crippen LogP contribution is 2.40. The predicted molar refractivity (Wildman–Crippen MR) is 120 cm³/mol. The quantitative estimate of drug-likeness (QED) is 0.478. The zero-order valence-corrected chi connectivity index (χ0v) is 17.4. The minimum Gasteiger partial charge on any atom is -0.378 e. The van der Waals surface area contributed by atoms with Crippen molar-refractivity contribution in [3.05, 3.63) is 65.2 Å². The molecule has 0 spiro atoms. The fraction of sp³-hybridized carbons (Fsp3) is 0.304. The average Bonchev–Trinajstić information content (AvgIpc) is 2.84. The Bertz CT molecular complexity index is 959. The topological polar surface area (TPSA) is 70.6 Å². The largest absolute Gasteiger partial charge is 0.378 e. The van der Waals surface area contributed by atoms with Crippen molar-refractivity contribution in [3.63, 3.8) is 0 Å². The Labute approximate surface area is 167 Å². The van der Waals surface area contributed by atoms with E-state index in [0.29, 0.717) is 6.54 Å². The molecule has 5 heteroatoms. The minimum atomic E-state index is -0.0991. The molecular formula is C23H30N5+. The number of rotatable bonds is 5. The number of nitrogens with zero attached hydrogens (tertiary/aromatic N) is 3. The van der Waals surface area contributed by atoms with Crippen molar-refractivity contribution in [2.24, 2.45) is 16.5 Å². The van der Waals surface area contributed by atoms with Crippen LogP contribution in [-0.4, -0.2) is 37.4 Å². The molecule has 0 atom stereocenters. The Morgan fingerprint density at radius 3 is 2.36 bits per heavy atom. The van der Waals surface area contributed by atoms with Gasteiger partial charge in [0.25, 0.3) is 0 Å². The molecule has 0 radical (unpaired) electrons. The van der Waals surface area contributed by atoms with Crippen molar-refractivity contribution in [3.8, 4) is 0 Å². The van der Waals surface area contributed by atoms with E-state index < -0.39 is 0 Å². The Kier molecular flexibility index (Phi) is 5.27. The van der Waals surface area contributed by atoms with Crippen LogP contribution in [-0.2, 0) is 12.0 Å². The molecule has 0 amide bonds. The molecule has 5 nitrogen and oxygen atoms in total. The number of aliphatic imine (C=N–C) groups is 1. The van der Waals surface area contributed by atoms with Gasteiger partial charge in [-0.2, -0.15) is 4.58 Å². The van der Waals surface area contributed by atoms with Gasteiger partial charge in [-0.3, -0.25) is 0 Å². The molecule has 1 aliphatic heterocycles. The fourth-order valence-electron chi connectivity index (χ4n) is 3.72. The van der Waals surface area contributed by atoms with Crippen LogP contribution in [0.15, 0.2) is 53.5 Å². The Morgan fingerprint density at radius 1 is 1.07 bits per heavy atom. The van der Waals surface area contributed by atoms with Crippen LogP contribution in [0, 0.1) is 0 Å². The number of nitrogens with two attached hydrogens (primary N) is 2. The number of anilines is 1. The lowest BCUT2D eigenvalue weighted by atomic mass is 9.80. The summed E-state index contributed by atoms with van der Waals surface area (Å²) >= 11 is 0. The molecule has 0 fully saturated rings. The first-order valence-corrected chi connectivity index (χ1v) is 9.45. The van der Waals surface area contributed by atoms with Gasteiger partial charge in [0.05, 0.1) is 12.0 Å². The summed E-state index contributed by atoms with van der Waals surface area (Å²) in [5.41, 5.74) is 18.1. The normalized spacial score (nSPS) is 15.0. The Morgan fingerprint density at radius 2 is 1.75 bits per heavy atom. The Hall–Kier alpha value is -3.08. The lowest BCUT2D eigenvalue weighted by Gasteiger charge is -2.16. The highest BCUT2D eigenvalue weighted by Gasteiger charge is 2.42. The van der Waals surface area contributed by atoms with Gasteiger partial charge >= 0.3 is 0 Å². The van der Waals surface area contributed by atoms with E-state index >= 15 is 0 Å². The molecule has 0 saturated carbocycles. The third-order valence-corrected chi connectivity index (χ3v) is 5.38. The number of hydrogen-bond donors (Lipinski definition) is 2. The molecule has 0 saturated heterocycles. The molecule has 4 N–H and O–H groups in total. The van der Waals surface area contributed by atoms with Gasteiger partial charge in [-0.1, -0.05) is 18.2 Å². The van der Waals surface area contributed by atoms with Gasteiger partial charge in [-0.25, -0.2) is 4.99 Å². The zero-order chi connectivity index (χ0) is 20.5. The first kappa shape index (κ1) is 19.7. The van der Waals surface area contributed by atoms with E-state index in [1.54, 1.807) is 0 Å². The van der Waals surface area contributed by atoms with E-state index in [1.165, 1.54) is 28.2 Å². The summed E-state index contributed by atoms with van der Waals surface area (Å²) in [4.78, 5) is 6.24. The number of fused-ring (bicyclic) bond motifs is 1. The molecular weight excluding hydrogens is 346 g/mol. The molecule has 0 aromatic heterocycles. The van der Waals surface area contributed by atoms with E-state index in [4.69, 9.17) is 11.5 Å². The van der Waals surface area contributed by atoms with Gasteiger partial charge in [0.2, 0.25) is 5.69 Å². The smallest absolute Gasteiger partial charge is 0.209 e. The molecule has 2 aromatic carbocycles. The van der Waals surface area contributed by atoms with Crippen LogP contribution in [0.2, 0.25) is 0 Å². The summed E-state index contributed by atoms with van der Waals surface area (Å²) < 4.78 is 2.27. The summed E-state index contributed by atoms with van der Waals surface area (Å²) in [5.74, 6) is 0.118. The van der Waals surface area contributed by atoms with Crippen LogP contribution in [0.1, 0.15) is 30.5 Å². The summed E-state index contributed by atoms with van der Waals surface area (Å²) in [6.07, 6.45) is 4.40. The second-order valence-corrected chi connectivity index (χ2v) is 7.98. The van der Waals surface area contributed by atoms with Crippen LogP contribution < -0.4 is 16.4 Å². The summed E-state index contributed by atoms with van der Waals surface area (Å²) in [5, 5.41) is 0. The molecule has 0 bridgehead atoms. The monoisotopic (exact) mass is 376 g/mol. The van der Waals surface area contributed by atoms with Crippen LogP contribution in [0.5, 0.6) is 0 Å². The van der Waals surface area contributed by atoms with Crippen molar-refractivity contribution in [1.82, 2.24) is 0 Å². The average molecular weight is 377 g/mol. The van der Waals surface area contributed by atoms with Crippen molar-refractivity contribution >= 4 is 29.1 Å². The molecule has 2 aromatic rings. The number of benzene rings is 2. The highest BCUT2D eigenvalue weighted by molar-refractivity contribution is 6.05. The molecule has 0 aliphatic carbocycles. The minimum absolute atomic E-state index is 0.0991. The fourth-order valence-corrected chi connectivity index (χ4v) is 3.72. The molecule has 0 unspecified atom stereocenters. The Balaban J connectivity index is 1.89. The first-order valence-electron chi connectivity index (χ1n) is 9.45. The van der Waals surface area contributed by atoms with Crippen LogP contribution in [0.4, 0.5) is 11.4 Å². The lowest BCUT2D eigenvalue weighted by molar-refractivity contribution is -0.401. The summed E-state index contributed by atoms with van der Waals surface area (Å²) in [6, 6.07) is 15.0. The van der Waals surface area contributed by atoms with Crippen molar-refractivity contribution in [2.45, 2.75) is 25.8 Å². The van der Waals surface area contributed by atoms with Crippen LogP contribution >= 0.6 is 0 Å². The van der Waals surface area contributed by atoms with Gasteiger partial charge in [0.1, 0.15) is 7.05 Å². The molecule has 1 aliphatic rings. The lowest BCUT2D eigenvalue weighted by Crippen LogP contribution is -2.26. The SMILES string of the molecule is CN(C)c1ccc(/C=C/C2=[N+](C)c3ccc(CN=C(N)N)cc3C2(C)C)cc1. The molecule has 3 rings (SSSR count). The van der Waals surface area contributed by atoms with Gasteiger partial charge in [-0.05, 0) is 49.2 Å². The maximum absolute atomic E-state index is 5.47. The maximum Gasteiger partial charge on any atom is 0.209 e. The van der Waals surface area contributed by atoms with Crippen molar-refractivity contribution in [1.29, 1.82) is 0 Å². The van der Waals surface area contributed by atoms with Gasteiger partial charge in [-0.15, -0.1) is 0 Å². The molecule has 146 valence electrons. The van der Waals surface area contributed by atoms with E-state index in [9.17, 15) is 0 Å². The predicted octanol–water partition coefficient (Wildman–Crippen LogP) is 3.25. The number of allylic oxidation sites excluding steroid dienone is 1. The van der Waals surface area contributed by atoms with E-state index in [1.807, 2.05) is 0 Å². The van der Waals surface area contributed by atoms with E-state index in [0.717, 1.165) is 5.56 Å². The third-order valence-electron chi connectivity index (χ3n) is 5.38. The van der Waals surface area contributed by atoms with Gasteiger partial charge in [0, 0.05) is 37.5 Å². The third kappa shape index (κ3) is 3.79. The summed E-state index contributed by atoms with van der Waals surface area (Å²) in [6.45, 7) is 5.02. The van der Waals surface area contributed by atoms with Gasteiger partial charge in [0.15, 0.2) is 11.7 Å². The first-order chi connectivity index (χ1) is 13.2. The van der Waals surface area contributed by atoms with Gasteiger partial charge < -0.3 is 16.4 Å². The number of guanidine groups is 1. The summed E-state index contributed by atoms with van der Waals surface area (Å²) in [7, 11) is 6.23. The van der Waals surface area contributed by atoms with Crippen LogP contribution in [0.25, 0.3) is 6.08 Å². The second kappa shape index (κ2) is 7.50. The highest BCUT2D eigenvalue weighted by atomic mass is 15.1. The van der Waals surface area contributed by atoms with Crippen molar-refractivity contribution in [2.75, 3.05) is 26.0 Å². The van der Waals surface area contributed by atoms with Crippen molar-refractivity contribution < 1.29 is 4.58 Å².